The molecular formula is C46H78N2O36. The fourth-order valence-electron chi connectivity index (χ4n) is 10.6. The van der Waals surface area contributed by atoms with Crippen LogP contribution in [0.1, 0.15) is 13.8 Å². The summed E-state index contributed by atoms with van der Waals surface area (Å²) in [5.41, 5.74) is 0. The standard InChI is InChI=1S/C46H78N2O36/c1-10(54)47-19-26(61)36(15(6-52)74-40(19)71)81-41-20(48-11(2)55)27(62)37(16(7-53)78-41)82-46-35(70)39(84-45-33(68)30(65)23(58)14(5-51)77-45)25(60)18(80-46)9-73-43-34(69)38(83-44-32(67)29(64)22(57)13(4-50)76-44)24(59)17(79-43)8-72-42-31(66)28(63)21(56)12(3-49)75-42/h12-46,49-53,56-71H,3-9H2,1-2H3,(H,47,54)(H,48,55)/t12-,13-,14-,15-,16-,17-,18-,19-,20-,21-,22-,23-,24-,25-,26-,27-,28+,29+,30+,31+,32+,33+,34+,35+,36-,37-,38+,39+,40+,41+,42+,43+,44-,45-,46+/m1/s1. The molecule has 0 spiro atoms. The average Bonchev–Trinajstić information content (AvgIpc) is 1.85. The summed E-state index contributed by atoms with van der Waals surface area (Å²) in [6.45, 7) is -4.78. The molecule has 0 saturated carbocycles. The Balaban J connectivity index is 1.17. The SMILES string of the molecule is CC(=O)N[C@@H]1[C@@H](O)[C@H](O[C@@H]2O[C@H](CO)[C@@H](O[C@@H]3O[C@H](CO[C@H]4O[C@H](CO[C@H]5O[C@H](CO)[C@@H](O)[C@H](O)[C@@H]5O)[C@@H](O)[C@H](O[C@H]5O[C@H](CO)[C@@H](O)[C@H](O)[C@@H]5O)[C@@H]4O)[C@@H](O)[C@H](O[C@H]4O[C@H](CO)[C@@H](O)[C@H](O)[C@@H]4O)[C@@H]3O)[C@H](O)[C@H]2NC(C)=O)[C@@H](CO)O[C@@H]1O. The molecular weight excluding hydrogens is 1160 g/mol. The van der Waals surface area contributed by atoms with Gasteiger partial charge in [-0.3, -0.25) is 9.59 Å². The molecule has 38 nitrogen and oxygen atoms in total. The highest BCUT2D eigenvalue weighted by molar-refractivity contribution is 5.73. The molecule has 38 heteroatoms. The maximum absolute atomic E-state index is 12.7. The monoisotopic (exact) mass is 1230 g/mol. The number of rotatable bonds is 21. The van der Waals surface area contributed by atoms with Crippen molar-refractivity contribution < 1.29 is 178 Å². The van der Waals surface area contributed by atoms with Gasteiger partial charge in [0.1, 0.15) is 171 Å². The molecule has 0 aromatic heterocycles. The van der Waals surface area contributed by atoms with Crippen LogP contribution in [-0.4, -0.2) is 380 Å². The molecule has 7 saturated heterocycles. The van der Waals surface area contributed by atoms with E-state index in [1.807, 2.05) is 0 Å². The highest BCUT2D eigenvalue weighted by Gasteiger charge is 2.58. The van der Waals surface area contributed by atoms with Crippen molar-refractivity contribution in [2.24, 2.45) is 0 Å². The smallest absolute Gasteiger partial charge is 0.217 e. The number of nitrogens with one attached hydrogen (secondary N) is 2. The molecule has 7 aliphatic heterocycles. The Morgan fingerprint density at radius 2 is 0.607 bits per heavy atom. The third kappa shape index (κ3) is 14.9. The van der Waals surface area contributed by atoms with Gasteiger partial charge in [-0.05, 0) is 0 Å². The summed E-state index contributed by atoms with van der Waals surface area (Å²) in [7, 11) is 0. The average molecular weight is 1240 g/mol. The zero-order valence-corrected chi connectivity index (χ0v) is 44.7. The molecule has 0 bridgehead atoms. The molecule has 0 radical (unpaired) electrons. The molecule has 35 atom stereocenters. The number of hydrogen-bond donors (Lipinski definition) is 23. The summed E-state index contributed by atoms with van der Waals surface area (Å²) in [5, 5.41) is 231. The van der Waals surface area contributed by atoms with Gasteiger partial charge in [0.05, 0.1) is 46.2 Å². The van der Waals surface area contributed by atoms with Gasteiger partial charge in [0, 0.05) is 13.8 Å². The zero-order valence-electron chi connectivity index (χ0n) is 44.7. The van der Waals surface area contributed by atoms with Gasteiger partial charge in [-0.1, -0.05) is 0 Å². The van der Waals surface area contributed by atoms with Crippen molar-refractivity contribution in [1.82, 2.24) is 10.6 Å². The van der Waals surface area contributed by atoms with Crippen molar-refractivity contribution in [3.05, 3.63) is 0 Å². The van der Waals surface area contributed by atoms with Gasteiger partial charge >= 0.3 is 0 Å². The van der Waals surface area contributed by atoms with E-state index < -0.39 is 273 Å². The second-order valence-corrected chi connectivity index (χ2v) is 21.1. The lowest BCUT2D eigenvalue weighted by Crippen LogP contribution is -2.70. The van der Waals surface area contributed by atoms with Gasteiger partial charge in [0.15, 0.2) is 44.0 Å². The zero-order chi connectivity index (χ0) is 61.9. The number of aliphatic hydroxyl groups excluding tert-OH is 21. The summed E-state index contributed by atoms with van der Waals surface area (Å²) in [5.74, 6) is -1.61. The number of carbonyl (C=O) groups excluding carboxylic acids is 2. The number of aliphatic hydroxyl groups is 21. The number of amides is 2. The first-order valence-corrected chi connectivity index (χ1v) is 26.6. The molecule has 0 aromatic rings. The molecule has 0 aliphatic carbocycles. The molecule has 2 amide bonds. The largest absolute Gasteiger partial charge is 0.394 e. The molecule has 488 valence electrons. The van der Waals surface area contributed by atoms with E-state index in [-0.39, 0.29) is 0 Å². The summed E-state index contributed by atoms with van der Waals surface area (Å²) in [6.07, 6.45) is -65.1. The van der Waals surface area contributed by atoms with Crippen LogP contribution in [-0.2, 0) is 71.2 Å². The van der Waals surface area contributed by atoms with E-state index in [2.05, 4.69) is 10.6 Å². The maximum Gasteiger partial charge on any atom is 0.217 e. The van der Waals surface area contributed by atoms with E-state index in [4.69, 9.17) is 61.6 Å². The summed E-state index contributed by atoms with van der Waals surface area (Å²) < 4.78 is 74.3. The van der Waals surface area contributed by atoms with E-state index >= 15 is 0 Å². The molecule has 0 unspecified atom stereocenters. The molecule has 84 heavy (non-hydrogen) atoms. The van der Waals surface area contributed by atoms with E-state index in [0.717, 1.165) is 13.8 Å². The van der Waals surface area contributed by atoms with Crippen LogP contribution in [0, 0.1) is 0 Å². The molecule has 0 aromatic carbocycles. The van der Waals surface area contributed by atoms with E-state index in [1.54, 1.807) is 0 Å². The van der Waals surface area contributed by atoms with Gasteiger partial charge in [-0.2, -0.15) is 0 Å². The van der Waals surface area contributed by atoms with Crippen LogP contribution in [0.2, 0.25) is 0 Å². The Morgan fingerprint density at radius 3 is 1.04 bits per heavy atom. The lowest BCUT2D eigenvalue weighted by atomic mass is 9.94. The van der Waals surface area contributed by atoms with Crippen molar-refractivity contribution in [3.63, 3.8) is 0 Å². The minimum Gasteiger partial charge on any atom is -0.394 e. The summed E-state index contributed by atoms with van der Waals surface area (Å²) in [4.78, 5) is 24.6. The van der Waals surface area contributed by atoms with Crippen molar-refractivity contribution in [2.45, 2.75) is 229 Å². The van der Waals surface area contributed by atoms with Crippen molar-refractivity contribution in [2.75, 3.05) is 46.2 Å². The minimum atomic E-state index is -2.34. The van der Waals surface area contributed by atoms with Crippen molar-refractivity contribution in [3.8, 4) is 0 Å². The van der Waals surface area contributed by atoms with Crippen LogP contribution in [0.25, 0.3) is 0 Å². The number of hydrogen-bond acceptors (Lipinski definition) is 36. The lowest BCUT2D eigenvalue weighted by molar-refractivity contribution is -0.387. The van der Waals surface area contributed by atoms with E-state index in [0.29, 0.717) is 0 Å². The normalized spacial score (nSPS) is 50.3. The predicted octanol–water partition coefficient (Wildman–Crippen LogP) is -16.0. The Labute approximate surface area is 475 Å². The number of carbonyl (C=O) groups is 2. The molecule has 7 heterocycles. The Kier molecular flexibility index (Phi) is 24.6. The van der Waals surface area contributed by atoms with E-state index in [1.165, 1.54) is 0 Å². The highest BCUT2D eigenvalue weighted by atomic mass is 16.8. The van der Waals surface area contributed by atoms with Crippen molar-refractivity contribution in [1.29, 1.82) is 0 Å². The fourth-order valence-corrected chi connectivity index (χ4v) is 10.6. The van der Waals surface area contributed by atoms with Gasteiger partial charge in [0.2, 0.25) is 11.8 Å². The quantitative estimate of drug-likeness (QED) is 0.0507. The first-order valence-electron chi connectivity index (χ1n) is 26.6. The van der Waals surface area contributed by atoms with Crippen LogP contribution in [0.4, 0.5) is 0 Å². The first-order chi connectivity index (χ1) is 39.7. The second kappa shape index (κ2) is 29.9. The van der Waals surface area contributed by atoms with Crippen molar-refractivity contribution >= 4 is 11.8 Å². The predicted molar refractivity (Wildman–Crippen MR) is 255 cm³/mol. The van der Waals surface area contributed by atoms with Crippen LogP contribution < -0.4 is 10.6 Å². The van der Waals surface area contributed by atoms with Crippen LogP contribution in [0.5, 0.6) is 0 Å². The van der Waals surface area contributed by atoms with Gasteiger partial charge in [0.25, 0.3) is 0 Å². The lowest BCUT2D eigenvalue weighted by Gasteiger charge is -2.50. The Morgan fingerprint density at radius 1 is 0.310 bits per heavy atom. The second-order valence-electron chi connectivity index (χ2n) is 21.1. The minimum absolute atomic E-state index is 0.738. The Bertz CT molecular complexity index is 2060. The van der Waals surface area contributed by atoms with Gasteiger partial charge < -0.3 is 179 Å². The summed E-state index contributed by atoms with van der Waals surface area (Å²) >= 11 is 0. The van der Waals surface area contributed by atoms with Crippen LogP contribution in [0.3, 0.4) is 0 Å². The van der Waals surface area contributed by atoms with Crippen LogP contribution >= 0.6 is 0 Å². The molecule has 23 N–H and O–H groups in total. The maximum atomic E-state index is 12.7. The molecule has 7 fully saturated rings. The summed E-state index contributed by atoms with van der Waals surface area (Å²) in [6, 6.07) is -3.37. The van der Waals surface area contributed by atoms with Gasteiger partial charge in [-0.25, -0.2) is 0 Å². The van der Waals surface area contributed by atoms with E-state index in [9.17, 15) is 117 Å². The van der Waals surface area contributed by atoms with Gasteiger partial charge in [-0.15, -0.1) is 0 Å². The Hall–Kier alpha value is -2.42. The van der Waals surface area contributed by atoms with Crippen LogP contribution in [0.15, 0.2) is 0 Å². The third-order valence-corrected chi connectivity index (χ3v) is 15.3. The molecule has 7 aliphatic rings. The third-order valence-electron chi connectivity index (χ3n) is 15.3. The topological polar surface area (TPSA) is 603 Å². The molecule has 7 rings (SSSR count). The fraction of sp³-hybridized carbons (Fsp3) is 0.957. The first kappa shape index (κ1) is 69.1. The highest BCUT2D eigenvalue weighted by Crippen LogP contribution is 2.37. The number of ether oxygens (including phenoxy) is 13.